The molecule has 0 fully saturated rings. The van der Waals surface area contributed by atoms with Crippen molar-refractivity contribution in [3.8, 4) is 39.3 Å². The number of hydrogen-bond acceptors (Lipinski definition) is 4. The summed E-state index contributed by atoms with van der Waals surface area (Å²) in [6, 6.07) is 49.7. The maximum atomic E-state index is 6.53. The third-order valence-corrected chi connectivity index (χ3v) is 11.4. The maximum Gasteiger partial charge on any atom is 0.166 e. The van der Waals surface area contributed by atoms with Gasteiger partial charge in [-0.05, 0) is 69.4 Å². The number of rotatable bonds is 3. The summed E-state index contributed by atoms with van der Waals surface area (Å²) < 4.78 is 10.1. The smallest absolute Gasteiger partial charge is 0.166 e. The van der Waals surface area contributed by atoms with Crippen LogP contribution in [0.25, 0.3) is 114 Å². The van der Waals surface area contributed by atoms with Gasteiger partial charge in [0.2, 0.25) is 0 Å². The first-order chi connectivity index (χ1) is 24.3. The molecule has 4 heterocycles. The van der Waals surface area contributed by atoms with Gasteiger partial charge in [-0.1, -0.05) is 103 Å². The second-order valence-electron chi connectivity index (χ2n) is 12.9. The Hall–Kier alpha value is -6.30. The van der Waals surface area contributed by atoms with Crippen LogP contribution in [0, 0.1) is 0 Å². The molecule has 1 aliphatic carbocycles. The van der Waals surface area contributed by atoms with Crippen LogP contribution in [-0.2, 0) is 0 Å². The third-order valence-electron chi connectivity index (χ3n) is 10.3. The average molecular weight is 642 g/mol. The lowest BCUT2D eigenvalue weighted by atomic mass is 9.95. The highest BCUT2D eigenvalue weighted by Crippen LogP contribution is 2.51. The maximum absolute atomic E-state index is 6.53. The van der Waals surface area contributed by atoms with Crippen LogP contribution in [0.15, 0.2) is 144 Å². The van der Waals surface area contributed by atoms with E-state index in [0.717, 1.165) is 60.6 Å². The molecule has 0 radical (unpaired) electrons. The molecule has 0 atom stereocenters. The zero-order valence-electron chi connectivity index (χ0n) is 25.9. The Kier molecular flexibility index (Phi) is 4.83. The summed E-state index contributed by atoms with van der Waals surface area (Å²) in [7, 11) is 0. The van der Waals surface area contributed by atoms with E-state index in [0.29, 0.717) is 0 Å². The Morgan fingerprint density at radius 1 is 0.510 bits per heavy atom. The topological polar surface area (TPSA) is 43.9 Å². The molecule has 4 aromatic heterocycles. The second kappa shape index (κ2) is 9.19. The van der Waals surface area contributed by atoms with E-state index in [4.69, 9.17) is 14.4 Å². The van der Waals surface area contributed by atoms with Crippen molar-refractivity contribution in [1.82, 2.24) is 14.5 Å². The summed E-state index contributed by atoms with van der Waals surface area (Å²) in [4.78, 5) is 12.0. The number of furan rings is 1. The highest BCUT2D eigenvalue weighted by molar-refractivity contribution is 7.25. The van der Waals surface area contributed by atoms with Crippen molar-refractivity contribution >= 4 is 86.3 Å². The summed E-state index contributed by atoms with van der Waals surface area (Å²) in [6.07, 6.45) is 0. The van der Waals surface area contributed by atoms with Crippen LogP contribution < -0.4 is 0 Å². The van der Waals surface area contributed by atoms with Gasteiger partial charge in [0.25, 0.3) is 0 Å². The predicted octanol–water partition coefficient (Wildman–Crippen LogP) is 12.3. The van der Waals surface area contributed by atoms with Gasteiger partial charge in [-0.3, -0.25) is 4.57 Å². The first kappa shape index (κ1) is 25.7. The Bertz CT molecular complexity index is 3220. The predicted molar refractivity (Wildman–Crippen MR) is 204 cm³/mol. The SMILES string of the molecule is c1ccc(-c2cccc(-c3nc4c(nc3-n3c5ccc6cccc7c6c5c5c6c(ccc53)oc3cccc-7c36)sc3ccccc34)c2)cc1. The monoisotopic (exact) mass is 641 g/mol. The quantitative estimate of drug-likeness (QED) is 0.193. The lowest BCUT2D eigenvalue weighted by Crippen LogP contribution is -2.03. The first-order valence-corrected chi connectivity index (χ1v) is 17.3. The average Bonchev–Trinajstić information content (AvgIpc) is 3.80. The van der Waals surface area contributed by atoms with Gasteiger partial charge in [0.1, 0.15) is 27.2 Å². The molecule has 0 unspecified atom stereocenters. The number of nitrogens with zero attached hydrogens (tertiary/aromatic N) is 3. The van der Waals surface area contributed by atoms with E-state index in [2.05, 4.69) is 144 Å². The molecule has 12 rings (SSSR count). The van der Waals surface area contributed by atoms with Crippen LogP contribution in [0.1, 0.15) is 0 Å². The molecule has 0 spiro atoms. The summed E-state index contributed by atoms with van der Waals surface area (Å²) >= 11 is 1.70. The molecule has 0 bridgehead atoms. The van der Waals surface area contributed by atoms with Gasteiger partial charge in [-0.2, -0.15) is 0 Å². The zero-order valence-corrected chi connectivity index (χ0v) is 26.8. The molecule has 7 aromatic carbocycles. The van der Waals surface area contributed by atoms with Gasteiger partial charge in [0.15, 0.2) is 5.82 Å². The van der Waals surface area contributed by atoms with Crippen LogP contribution in [-0.4, -0.2) is 14.5 Å². The molecule has 1 aliphatic rings. The van der Waals surface area contributed by atoms with E-state index >= 15 is 0 Å². The third kappa shape index (κ3) is 3.32. The summed E-state index contributed by atoms with van der Waals surface area (Å²) in [5.74, 6) is 0.828. The van der Waals surface area contributed by atoms with Gasteiger partial charge >= 0.3 is 0 Å². The zero-order chi connectivity index (χ0) is 31.8. The van der Waals surface area contributed by atoms with E-state index in [9.17, 15) is 0 Å². The Morgan fingerprint density at radius 3 is 2.14 bits per heavy atom. The fraction of sp³-hybridized carbons (Fsp3) is 0. The lowest BCUT2D eigenvalue weighted by Gasteiger charge is -2.14. The summed E-state index contributed by atoms with van der Waals surface area (Å²) in [5, 5.41) is 8.40. The van der Waals surface area contributed by atoms with E-state index in [1.807, 2.05) is 0 Å². The van der Waals surface area contributed by atoms with Crippen molar-refractivity contribution in [1.29, 1.82) is 0 Å². The van der Waals surface area contributed by atoms with Gasteiger partial charge in [-0.15, -0.1) is 11.3 Å². The van der Waals surface area contributed by atoms with Crippen LogP contribution in [0.5, 0.6) is 0 Å². The normalized spacial score (nSPS) is 12.5. The van der Waals surface area contributed by atoms with Crippen LogP contribution >= 0.6 is 11.3 Å². The van der Waals surface area contributed by atoms with Crippen LogP contribution in [0.4, 0.5) is 0 Å². The molecule has 0 amide bonds. The van der Waals surface area contributed by atoms with Crippen molar-refractivity contribution in [2.45, 2.75) is 0 Å². The van der Waals surface area contributed by atoms with E-state index in [1.165, 1.54) is 53.7 Å². The van der Waals surface area contributed by atoms with Gasteiger partial charge in [0, 0.05) is 37.2 Å². The molecule has 0 saturated heterocycles. The minimum atomic E-state index is 0.828. The second-order valence-corrected chi connectivity index (χ2v) is 13.9. The Labute approximate surface area is 283 Å². The number of thiophene rings is 1. The van der Waals surface area contributed by atoms with Crippen molar-refractivity contribution < 1.29 is 4.42 Å². The van der Waals surface area contributed by atoms with Crippen molar-refractivity contribution in [3.05, 3.63) is 140 Å². The van der Waals surface area contributed by atoms with Crippen molar-refractivity contribution in [3.63, 3.8) is 0 Å². The van der Waals surface area contributed by atoms with Gasteiger partial charge < -0.3 is 4.42 Å². The highest BCUT2D eigenvalue weighted by Gasteiger charge is 2.28. The molecule has 5 heteroatoms. The molecule has 0 N–H and O–H groups in total. The highest BCUT2D eigenvalue weighted by atomic mass is 32.1. The minimum absolute atomic E-state index is 0.828. The minimum Gasteiger partial charge on any atom is -0.456 e. The Morgan fingerprint density at radius 2 is 1.22 bits per heavy atom. The van der Waals surface area contributed by atoms with Gasteiger partial charge in [-0.25, -0.2) is 9.97 Å². The standard InChI is InChI=1S/C44H23N3OS/c1-2-9-24(10-3-1)26-12-6-13-27(23-26)41-43(46-44-42(45-41)30-14-4-5-18-35(30)49-44)47-31-20-19-25-11-7-15-28-29-16-8-17-33-37(29)40-34(48-33)22-21-32(47)39(40)38(31)36(25)28/h1-23H. The molecule has 226 valence electrons. The molecule has 0 aliphatic heterocycles. The largest absolute Gasteiger partial charge is 0.456 e. The summed E-state index contributed by atoms with van der Waals surface area (Å²) in [6.45, 7) is 0. The van der Waals surface area contributed by atoms with Gasteiger partial charge in [0.05, 0.1) is 11.0 Å². The molecular formula is C44H23N3OS. The number of benzene rings is 7. The van der Waals surface area contributed by atoms with E-state index in [1.54, 1.807) is 11.3 Å². The summed E-state index contributed by atoms with van der Waals surface area (Å²) in [5.41, 5.74) is 11.6. The van der Waals surface area contributed by atoms with E-state index in [-0.39, 0.29) is 0 Å². The first-order valence-electron chi connectivity index (χ1n) is 16.5. The number of aromatic nitrogens is 3. The lowest BCUT2D eigenvalue weighted by molar-refractivity contribution is 0.669. The fourth-order valence-electron chi connectivity index (χ4n) is 8.29. The molecule has 49 heavy (non-hydrogen) atoms. The molecule has 0 saturated carbocycles. The van der Waals surface area contributed by atoms with Crippen molar-refractivity contribution in [2.75, 3.05) is 0 Å². The van der Waals surface area contributed by atoms with E-state index < -0.39 is 0 Å². The van der Waals surface area contributed by atoms with Crippen LogP contribution in [0.2, 0.25) is 0 Å². The Balaban J connectivity index is 1.28. The van der Waals surface area contributed by atoms with Crippen LogP contribution in [0.3, 0.4) is 0 Å². The van der Waals surface area contributed by atoms with Crippen molar-refractivity contribution in [2.24, 2.45) is 0 Å². The molecule has 4 nitrogen and oxygen atoms in total. The molecule has 11 aromatic rings. The fourth-order valence-corrected chi connectivity index (χ4v) is 9.31. The number of fused-ring (bicyclic) bond motifs is 4. The molecular weight excluding hydrogens is 619 g/mol. The number of hydrogen-bond donors (Lipinski definition) is 0.